The van der Waals surface area contributed by atoms with Gasteiger partial charge < -0.3 is 66.6 Å². The zero-order chi connectivity index (χ0) is 67.0. The van der Waals surface area contributed by atoms with E-state index in [1.807, 2.05) is 29.2 Å². The summed E-state index contributed by atoms with van der Waals surface area (Å²) in [6, 6.07) is 3.40. The van der Waals surface area contributed by atoms with Gasteiger partial charge in [0.25, 0.3) is 0 Å². The molecule has 92 heavy (non-hydrogen) atoms. The fourth-order valence-electron chi connectivity index (χ4n) is 11.4. The number of hydrogen-bond donors (Lipinski definition) is 11. The SMILES string of the molecule is O=C(O)CC[C@H](NC(=O)N[C@@H](CCCCNC(=O)CCCCCCCCCCN1CCN(c2nc(Cc3ccc(CC4CN(CC(=O)O)CCN(CC(=O)O)CCN(CC(=O)O)CCN4CC(=O)O)cc3)nc(N3CCN(CC(=O)O)CC3)n2)CC1)C(=O)O)C(=O)O. The molecule has 1 aromatic heterocycles. The van der Waals surface area contributed by atoms with Gasteiger partial charge in [-0.3, -0.25) is 63.0 Å². The van der Waals surface area contributed by atoms with Crippen molar-refractivity contribution in [2.45, 2.75) is 121 Å². The molecule has 0 radical (unpaired) electrons. The van der Waals surface area contributed by atoms with E-state index in [2.05, 4.69) is 30.7 Å². The van der Waals surface area contributed by atoms with E-state index in [0.29, 0.717) is 95.6 Å². The fraction of sp³-hybridized carbons (Fsp3) is 0.683. The third kappa shape index (κ3) is 29.6. The first-order valence-electron chi connectivity index (χ1n) is 31.8. The molecule has 3 atom stereocenters. The molecule has 0 spiro atoms. The molecule has 0 aliphatic carbocycles. The van der Waals surface area contributed by atoms with Crippen molar-refractivity contribution in [3.8, 4) is 0 Å². The molecule has 32 heteroatoms. The number of nitrogens with zero attached hydrogens (tertiary/aromatic N) is 11. The largest absolute Gasteiger partial charge is 0.481 e. The molecule has 3 fully saturated rings. The summed E-state index contributed by atoms with van der Waals surface area (Å²) in [5.41, 5.74) is 1.73. The van der Waals surface area contributed by atoms with Crippen LogP contribution in [0.15, 0.2) is 24.3 Å². The Morgan fingerprint density at radius 2 is 0.870 bits per heavy atom. The number of carboxylic acid groups (broad SMARTS) is 8. The first-order valence-corrected chi connectivity index (χ1v) is 31.8. The van der Waals surface area contributed by atoms with E-state index < -0.39 is 78.3 Å². The van der Waals surface area contributed by atoms with Crippen LogP contribution in [-0.4, -0.2) is 307 Å². The average Bonchev–Trinajstić information content (AvgIpc) is 1.14. The molecule has 11 N–H and O–H groups in total. The number of rotatable bonds is 39. The van der Waals surface area contributed by atoms with Gasteiger partial charge in [-0.15, -0.1) is 0 Å². The topological polar surface area (TPSA) is 433 Å². The molecule has 3 saturated heterocycles. The Kier molecular flexibility index (Phi) is 32.7. The van der Waals surface area contributed by atoms with Gasteiger partial charge in [0, 0.05) is 130 Å². The van der Waals surface area contributed by atoms with Crippen LogP contribution >= 0.6 is 0 Å². The maximum Gasteiger partial charge on any atom is 0.326 e. The molecule has 0 saturated carbocycles. The molecule has 4 heterocycles. The highest BCUT2D eigenvalue weighted by Crippen LogP contribution is 2.22. The Labute approximate surface area is 534 Å². The summed E-state index contributed by atoms with van der Waals surface area (Å²) in [6.07, 6.45) is 9.18. The van der Waals surface area contributed by atoms with Gasteiger partial charge in [0.2, 0.25) is 17.8 Å². The maximum atomic E-state index is 12.4. The van der Waals surface area contributed by atoms with Crippen LogP contribution in [0, 0.1) is 0 Å². The van der Waals surface area contributed by atoms with Gasteiger partial charge in [-0.1, -0.05) is 62.8 Å². The van der Waals surface area contributed by atoms with E-state index in [-0.39, 0.29) is 97.3 Å². The molecule has 3 aliphatic rings. The van der Waals surface area contributed by atoms with Crippen molar-refractivity contribution in [1.29, 1.82) is 0 Å². The number of anilines is 2. The summed E-state index contributed by atoms with van der Waals surface area (Å²) in [6.45, 7) is 6.25. The molecule has 32 nitrogen and oxygen atoms in total. The monoisotopic (exact) mass is 1300 g/mol. The number of urea groups is 1. The number of aliphatic carboxylic acids is 8. The third-order valence-corrected chi connectivity index (χ3v) is 16.5. The van der Waals surface area contributed by atoms with Gasteiger partial charge in [-0.05, 0) is 62.6 Å². The average molecular weight is 1300 g/mol. The lowest BCUT2D eigenvalue weighted by atomic mass is 10.0. The normalized spacial score (nSPS) is 17.8. The lowest BCUT2D eigenvalue weighted by molar-refractivity contribution is -0.142. The number of nitrogens with one attached hydrogen (secondary N) is 3. The number of carboxylic acids is 8. The molecular formula is C60H94N14O18. The van der Waals surface area contributed by atoms with Crippen LogP contribution in [-0.2, 0) is 56.0 Å². The van der Waals surface area contributed by atoms with Crippen molar-refractivity contribution >= 4 is 71.6 Å². The van der Waals surface area contributed by atoms with Crippen molar-refractivity contribution in [3.63, 3.8) is 0 Å². The third-order valence-electron chi connectivity index (χ3n) is 16.5. The maximum absolute atomic E-state index is 12.4. The highest BCUT2D eigenvalue weighted by molar-refractivity contribution is 5.86. The van der Waals surface area contributed by atoms with E-state index in [0.717, 1.165) is 82.1 Å². The van der Waals surface area contributed by atoms with Gasteiger partial charge in [0.15, 0.2) is 0 Å². The summed E-state index contributed by atoms with van der Waals surface area (Å²) < 4.78 is 0. The first kappa shape index (κ1) is 74.8. The molecule has 1 unspecified atom stereocenters. The number of carbonyl (C=O) groups is 10. The quantitative estimate of drug-likeness (QED) is 0.0396. The summed E-state index contributed by atoms with van der Waals surface area (Å²) in [5, 5.41) is 83.4. The molecule has 3 aliphatic heterocycles. The minimum Gasteiger partial charge on any atom is -0.481 e. The van der Waals surface area contributed by atoms with Gasteiger partial charge in [0.1, 0.15) is 17.9 Å². The second-order valence-electron chi connectivity index (χ2n) is 23.8. The van der Waals surface area contributed by atoms with Crippen molar-refractivity contribution in [2.24, 2.45) is 0 Å². The minimum atomic E-state index is -1.50. The number of aromatic nitrogens is 3. The highest BCUT2D eigenvalue weighted by atomic mass is 16.4. The van der Waals surface area contributed by atoms with E-state index in [9.17, 15) is 83.7 Å². The fourth-order valence-corrected chi connectivity index (χ4v) is 11.4. The molecule has 5 rings (SSSR count). The van der Waals surface area contributed by atoms with Crippen molar-refractivity contribution in [1.82, 2.24) is 60.3 Å². The zero-order valence-electron chi connectivity index (χ0n) is 52.5. The van der Waals surface area contributed by atoms with E-state index >= 15 is 0 Å². The molecule has 1 aromatic carbocycles. The predicted octanol–water partition coefficient (Wildman–Crippen LogP) is 0.130. The number of benzene rings is 1. The van der Waals surface area contributed by atoms with Crippen LogP contribution in [0.2, 0.25) is 0 Å². The lowest BCUT2D eigenvalue weighted by Crippen LogP contribution is -2.53. The molecule has 512 valence electrons. The van der Waals surface area contributed by atoms with Gasteiger partial charge in [-0.25, -0.2) is 14.4 Å². The summed E-state index contributed by atoms with van der Waals surface area (Å²) in [4.78, 5) is 148. The van der Waals surface area contributed by atoms with Crippen LogP contribution in [0.25, 0.3) is 0 Å². The molecule has 0 bridgehead atoms. The van der Waals surface area contributed by atoms with Gasteiger partial charge in [0.05, 0.1) is 32.7 Å². The van der Waals surface area contributed by atoms with Crippen molar-refractivity contribution < 1.29 is 88.8 Å². The number of hydrogen-bond acceptors (Lipinski definition) is 21. The summed E-state index contributed by atoms with van der Waals surface area (Å²) >= 11 is 0. The Morgan fingerprint density at radius 3 is 1.37 bits per heavy atom. The van der Waals surface area contributed by atoms with Crippen LogP contribution in [0.3, 0.4) is 0 Å². The Morgan fingerprint density at radius 1 is 0.435 bits per heavy atom. The zero-order valence-corrected chi connectivity index (χ0v) is 52.5. The van der Waals surface area contributed by atoms with E-state index in [4.69, 9.17) is 20.1 Å². The van der Waals surface area contributed by atoms with Crippen molar-refractivity contribution in [2.75, 3.05) is 154 Å². The Balaban J connectivity index is 1.08. The van der Waals surface area contributed by atoms with E-state index in [1.165, 1.54) is 0 Å². The molecular weight excluding hydrogens is 1200 g/mol. The number of carbonyl (C=O) groups excluding carboxylic acids is 2. The van der Waals surface area contributed by atoms with Gasteiger partial charge >= 0.3 is 53.8 Å². The van der Waals surface area contributed by atoms with Crippen molar-refractivity contribution in [3.05, 3.63) is 41.2 Å². The van der Waals surface area contributed by atoms with E-state index in [1.54, 1.807) is 19.6 Å². The number of piperazine rings is 2. The second-order valence-corrected chi connectivity index (χ2v) is 23.8. The predicted molar refractivity (Wildman–Crippen MR) is 333 cm³/mol. The minimum absolute atomic E-state index is 0.0404. The van der Waals surface area contributed by atoms with Gasteiger partial charge in [-0.2, -0.15) is 15.0 Å². The van der Waals surface area contributed by atoms with Crippen LogP contribution in [0.4, 0.5) is 16.7 Å². The summed E-state index contributed by atoms with van der Waals surface area (Å²) in [7, 11) is 0. The Hall–Kier alpha value is -7.91. The lowest BCUT2D eigenvalue weighted by Gasteiger charge is -2.37. The number of unbranched alkanes of at least 4 members (excludes halogenated alkanes) is 8. The smallest absolute Gasteiger partial charge is 0.326 e. The first-order chi connectivity index (χ1) is 44.0. The summed E-state index contributed by atoms with van der Waals surface area (Å²) in [5.74, 6) is -7.72. The Bertz CT molecular complexity index is 2720. The molecule has 2 aromatic rings. The molecule has 3 amide bonds. The number of amides is 3. The standard InChI is InChI=1S/C60H94N14O18/c75-49(61-19-9-8-11-46(56(88)89)62-60(92)63-47(57(90)91)17-18-50(76)77)12-7-5-3-1-2-4-6-10-20-67-25-30-72(31-26-67)58-64-48(65-59(66-58)73-32-27-70(28-33-73)40-53(82)83)36-44-15-13-43(14-16-44)35-45-37-71(41-54(84)85)24-23-68(38-51(78)79)21-22-69(39-52(80)81)29-34-74(45)42-55(86)87/h13-16,45-47H,1-12,17-42H2,(H,61,75)(H,76,77)(H,78,79)(H,80,81)(H,82,83)(H,84,85)(H,86,87)(H,88,89)(H,90,91)(H2,62,63,92)/t45?,46-,47-/m0/s1. The van der Waals surface area contributed by atoms with Crippen LogP contribution in [0.1, 0.15) is 107 Å². The van der Waals surface area contributed by atoms with Crippen LogP contribution in [0.5, 0.6) is 0 Å². The highest BCUT2D eigenvalue weighted by Gasteiger charge is 2.30. The van der Waals surface area contributed by atoms with Crippen LogP contribution < -0.4 is 25.8 Å². The second kappa shape index (κ2) is 40.2.